The summed E-state index contributed by atoms with van der Waals surface area (Å²) in [5.41, 5.74) is 5.89. The second-order valence-electron chi connectivity index (χ2n) is 4.62. The second-order valence-corrected chi connectivity index (χ2v) is 4.62. The van der Waals surface area contributed by atoms with E-state index in [4.69, 9.17) is 16.6 Å². The summed E-state index contributed by atoms with van der Waals surface area (Å²) in [5.74, 6) is -2.68. The summed E-state index contributed by atoms with van der Waals surface area (Å²) in [5, 5.41) is 14.3. The van der Waals surface area contributed by atoms with Crippen LogP contribution in [0.15, 0.2) is 24.3 Å². The molecule has 1 atom stereocenters. The zero-order valence-corrected chi connectivity index (χ0v) is 11.2. The van der Waals surface area contributed by atoms with Crippen LogP contribution in [-0.4, -0.2) is 24.0 Å². The molecule has 4 nitrogen and oxygen atoms in total. The first-order valence-corrected chi connectivity index (χ1v) is 6.25. The highest BCUT2D eigenvalue weighted by atomic mass is 19.4. The molecular weight excluding hydrogens is 283 g/mol. The number of hydrogen-bond acceptors (Lipinski definition) is 3. The fraction of sp³-hybridized carbons (Fsp3) is 0.357. The molecular formula is C14H16F3N3O. The van der Waals surface area contributed by atoms with Crippen LogP contribution in [0.25, 0.3) is 0 Å². The van der Waals surface area contributed by atoms with Crippen LogP contribution in [0.1, 0.15) is 17.5 Å². The lowest BCUT2D eigenvalue weighted by molar-refractivity contribution is -0.138. The molecule has 0 aliphatic rings. The highest BCUT2D eigenvalue weighted by Crippen LogP contribution is 2.27. The molecule has 1 amide bonds. The molecule has 0 aromatic heterocycles. The highest BCUT2D eigenvalue weighted by molar-refractivity contribution is 5.96. The number of carbonyl (C=O) groups is 1. The first-order valence-electron chi connectivity index (χ1n) is 6.25. The van der Waals surface area contributed by atoms with E-state index in [1.807, 2.05) is 0 Å². The van der Waals surface area contributed by atoms with Crippen LogP contribution < -0.4 is 5.73 Å². The van der Waals surface area contributed by atoms with E-state index in [-0.39, 0.29) is 25.5 Å². The molecule has 0 radical (unpaired) electrons. The van der Waals surface area contributed by atoms with Gasteiger partial charge in [-0.15, -0.1) is 0 Å². The molecule has 4 N–H and O–H groups in total. The van der Waals surface area contributed by atoms with E-state index in [9.17, 15) is 18.0 Å². The number of carbonyl (C=O) groups excluding carboxylic acids is 1. The van der Waals surface area contributed by atoms with Crippen LogP contribution in [-0.2, 0) is 17.6 Å². The highest BCUT2D eigenvalue weighted by Gasteiger charge is 2.40. The molecule has 0 saturated carbocycles. The number of halogens is 3. The summed E-state index contributed by atoms with van der Waals surface area (Å²) < 4.78 is 37.8. The topological polar surface area (TPSA) is 90.8 Å². The predicted molar refractivity (Wildman–Crippen MR) is 73.7 cm³/mol. The number of hydrogen-bond donors (Lipinski definition) is 3. The molecule has 21 heavy (non-hydrogen) atoms. The van der Waals surface area contributed by atoms with Crippen molar-refractivity contribution in [1.29, 1.82) is 10.8 Å². The molecule has 1 aromatic rings. The van der Waals surface area contributed by atoms with Crippen molar-refractivity contribution in [3.8, 4) is 0 Å². The molecule has 0 bridgehead atoms. The molecule has 1 rings (SSSR count). The molecule has 0 spiro atoms. The molecule has 0 heterocycles. The van der Waals surface area contributed by atoms with Gasteiger partial charge in [-0.05, 0) is 24.0 Å². The monoisotopic (exact) mass is 299 g/mol. The van der Waals surface area contributed by atoms with Gasteiger partial charge in [-0.2, -0.15) is 13.2 Å². The average molecular weight is 299 g/mol. The lowest BCUT2D eigenvalue weighted by Crippen LogP contribution is -2.31. The summed E-state index contributed by atoms with van der Waals surface area (Å²) >= 11 is 0. The van der Waals surface area contributed by atoms with Crippen molar-refractivity contribution >= 4 is 17.8 Å². The van der Waals surface area contributed by atoms with E-state index in [1.165, 1.54) is 0 Å². The largest absolute Gasteiger partial charge is 0.401 e. The molecule has 0 aliphatic heterocycles. The number of nitrogens with one attached hydrogen (secondary N) is 2. The Morgan fingerprint density at radius 2 is 1.86 bits per heavy atom. The Morgan fingerprint density at radius 3 is 2.33 bits per heavy atom. The molecule has 114 valence electrons. The minimum absolute atomic E-state index is 0.0107. The Bertz CT molecular complexity index is 541. The standard InChI is InChI=1S/C14H16F3N3O/c15-14(16,17)11(8-18)12(19)6-5-9-3-1-2-4-10(9)7-13(20)21/h1-4,8,11,18-19H,5-7H2,(H2,20,21). The number of rotatable bonds is 7. The fourth-order valence-corrected chi connectivity index (χ4v) is 1.98. The zero-order valence-electron chi connectivity index (χ0n) is 11.2. The lowest BCUT2D eigenvalue weighted by atomic mass is 9.94. The molecule has 1 unspecified atom stereocenters. The third kappa shape index (κ3) is 5.02. The van der Waals surface area contributed by atoms with Gasteiger partial charge in [-0.3, -0.25) is 4.79 Å². The quantitative estimate of drug-likeness (QED) is 0.663. The van der Waals surface area contributed by atoms with Gasteiger partial charge in [0.2, 0.25) is 5.91 Å². The van der Waals surface area contributed by atoms with Gasteiger partial charge in [0.1, 0.15) is 5.92 Å². The van der Waals surface area contributed by atoms with Gasteiger partial charge in [0.25, 0.3) is 0 Å². The number of primary amides is 1. The maximum absolute atomic E-state index is 12.6. The number of benzene rings is 1. The van der Waals surface area contributed by atoms with Gasteiger partial charge in [0.05, 0.1) is 6.42 Å². The van der Waals surface area contributed by atoms with Crippen LogP contribution in [0.3, 0.4) is 0 Å². The van der Waals surface area contributed by atoms with E-state index in [2.05, 4.69) is 0 Å². The van der Waals surface area contributed by atoms with E-state index in [1.54, 1.807) is 24.3 Å². The minimum atomic E-state index is -4.62. The van der Waals surface area contributed by atoms with E-state index >= 15 is 0 Å². The van der Waals surface area contributed by atoms with Gasteiger partial charge in [0.15, 0.2) is 0 Å². The molecule has 7 heteroatoms. The van der Waals surface area contributed by atoms with Crippen molar-refractivity contribution < 1.29 is 18.0 Å². The van der Waals surface area contributed by atoms with Gasteiger partial charge in [-0.1, -0.05) is 24.3 Å². The van der Waals surface area contributed by atoms with Crippen molar-refractivity contribution in [3.05, 3.63) is 35.4 Å². The van der Waals surface area contributed by atoms with Gasteiger partial charge in [0, 0.05) is 11.9 Å². The Balaban J connectivity index is 2.77. The number of amides is 1. The van der Waals surface area contributed by atoms with Crippen molar-refractivity contribution in [2.45, 2.75) is 25.4 Å². The van der Waals surface area contributed by atoms with Crippen LogP contribution in [0.2, 0.25) is 0 Å². The number of nitrogens with two attached hydrogens (primary N) is 1. The molecule has 0 saturated heterocycles. The summed E-state index contributed by atoms with van der Waals surface area (Å²) in [4.78, 5) is 10.9. The summed E-state index contributed by atoms with van der Waals surface area (Å²) in [6.45, 7) is 0. The van der Waals surface area contributed by atoms with Gasteiger partial charge >= 0.3 is 6.18 Å². The average Bonchev–Trinajstić information content (AvgIpc) is 2.36. The Hall–Kier alpha value is -2.18. The maximum atomic E-state index is 12.6. The van der Waals surface area contributed by atoms with Gasteiger partial charge < -0.3 is 16.6 Å². The second kappa shape index (κ2) is 7.01. The number of aryl methyl sites for hydroxylation is 1. The lowest BCUT2D eigenvalue weighted by Gasteiger charge is -2.17. The third-order valence-corrected chi connectivity index (χ3v) is 3.04. The summed E-state index contributed by atoms with van der Waals surface area (Å²) in [6, 6.07) is 6.80. The van der Waals surface area contributed by atoms with Crippen molar-refractivity contribution in [2.24, 2.45) is 11.7 Å². The third-order valence-electron chi connectivity index (χ3n) is 3.04. The van der Waals surface area contributed by atoms with Crippen LogP contribution in [0, 0.1) is 16.7 Å². The van der Waals surface area contributed by atoms with Crippen LogP contribution >= 0.6 is 0 Å². The zero-order chi connectivity index (χ0) is 16.0. The molecule has 0 fully saturated rings. The maximum Gasteiger partial charge on any atom is 0.401 e. The fourth-order valence-electron chi connectivity index (χ4n) is 1.98. The Morgan fingerprint density at radius 1 is 1.29 bits per heavy atom. The van der Waals surface area contributed by atoms with E-state index < -0.39 is 23.7 Å². The van der Waals surface area contributed by atoms with Crippen LogP contribution in [0.4, 0.5) is 13.2 Å². The van der Waals surface area contributed by atoms with Crippen molar-refractivity contribution in [3.63, 3.8) is 0 Å². The Labute approximate surface area is 120 Å². The SMILES string of the molecule is N=CC(C(=N)CCc1ccccc1CC(N)=O)C(F)(F)F. The summed E-state index contributed by atoms with van der Waals surface area (Å²) in [6.07, 6.45) is -4.31. The van der Waals surface area contributed by atoms with Crippen LogP contribution in [0.5, 0.6) is 0 Å². The smallest absolute Gasteiger partial charge is 0.369 e. The summed E-state index contributed by atoms with van der Waals surface area (Å²) in [7, 11) is 0. The van der Waals surface area contributed by atoms with Crippen molar-refractivity contribution in [1.82, 2.24) is 0 Å². The normalized spacial score (nSPS) is 12.7. The van der Waals surface area contributed by atoms with E-state index in [0.29, 0.717) is 11.1 Å². The first-order chi connectivity index (χ1) is 9.75. The van der Waals surface area contributed by atoms with E-state index in [0.717, 1.165) is 0 Å². The Kier molecular flexibility index (Phi) is 5.63. The predicted octanol–water partition coefficient (Wildman–Crippen LogP) is 2.49. The molecule has 0 aliphatic carbocycles. The van der Waals surface area contributed by atoms with Gasteiger partial charge in [-0.25, -0.2) is 0 Å². The first kappa shape index (κ1) is 16.9. The molecule has 1 aromatic carbocycles. The minimum Gasteiger partial charge on any atom is -0.369 e. The van der Waals surface area contributed by atoms with Crippen molar-refractivity contribution in [2.75, 3.05) is 0 Å². The number of alkyl halides is 3.